The summed E-state index contributed by atoms with van der Waals surface area (Å²) in [4.78, 5) is 11.0. The first-order chi connectivity index (χ1) is 16.9. The van der Waals surface area contributed by atoms with Crippen LogP contribution in [0.5, 0.6) is 0 Å². The highest BCUT2D eigenvalue weighted by Crippen LogP contribution is 2.11. The minimum atomic E-state index is 0.157. The Morgan fingerprint density at radius 2 is 1.16 bits per heavy atom. The molecule has 0 aromatic rings. The molecule has 0 aromatic heterocycles. The molecule has 2 nitrogen and oxygen atoms in total. The van der Waals surface area contributed by atoms with Crippen molar-refractivity contribution in [3.05, 3.63) is 12.2 Å². The largest absolute Gasteiger partial charge is 0.354 e. The molecule has 1 amide bonds. The van der Waals surface area contributed by atoms with E-state index in [1.54, 1.807) is 0 Å². The van der Waals surface area contributed by atoms with Gasteiger partial charge in [-0.3, -0.25) is 4.79 Å². The smallest absolute Gasteiger partial charge is 0.220 e. The highest BCUT2D eigenvalue weighted by atomic mass is 16.1. The maximum absolute atomic E-state index is 11.0. The molecule has 37 heavy (non-hydrogen) atoms. The van der Waals surface area contributed by atoms with Gasteiger partial charge in [-0.05, 0) is 55.8 Å². The van der Waals surface area contributed by atoms with E-state index in [1.807, 2.05) is 27.7 Å². The molecule has 0 fully saturated rings. The molecular weight excluding hydrogens is 450 g/mol. The van der Waals surface area contributed by atoms with Crippen LogP contribution in [-0.4, -0.2) is 11.9 Å². The van der Waals surface area contributed by atoms with Crippen LogP contribution < -0.4 is 5.32 Å². The number of carbonyl (C=O) groups excluding carboxylic acids is 1. The number of hydrogen-bond donors (Lipinski definition) is 1. The van der Waals surface area contributed by atoms with Crippen LogP contribution in [0, 0.1) is 53.3 Å². The average molecular weight is 522 g/mol. The van der Waals surface area contributed by atoms with Gasteiger partial charge in [-0.1, -0.05) is 128 Å². The first kappa shape index (κ1) is 42.8. The van der Waals surface area contributed by atoms with E-state index < -0.39 is 0 Å². The Morgan fingerprint density at radius 1 is 0.676 bits per heavy atom. The molecule has 0 aliphatic carbocycles. The molecule has 0 bridgehead atoms. The van der Waals surface area contributed by atoms with E-state index in [0.717, 1.165) is 30.1 Å². The van der Waals surface area contributed by atoms with Gasteiger partial charge < -0.3 is 5.32 Å². The van der Waals surface area contributed by atoms with Crippen molar-refractivity contribution in [3.63, 3.8) is 0 Å². The third-order valence-electron chi connectivity index (χ3n) is 4.64. The van der Waals surface area contributed by atoms with E-state index >= 15 is 0 Å². The zero-order chi connectivity index (χ0) is 30.0. The average Bonchev–Trinajstić information content (AvgIpc) is 2.66. The number of allylic oxidation sites excluding steroid dienone is 2. The third-order valence-corrected chi connectivity index (χ3v) is 4.64. The van der Waals surface area contributed by atoms with Crippen LogP contribution >= 0.6 is 0 Å². The number of amides is 1. The van der Waals surface area contributed by atoms with Crippen LogP contribution in [0.4, 0.5) is 0 Å². The second-order valence-corrected chi connectivity index (χ2v) is 13.4. The minimum Gasteiger partial charge on any atom is -0.354 e. The molecule has 0 aliphatic heterocycles. The van der Waals surface area contributed by atoms with E-state index in [9.17, 15) is 4.79 Å². The number of hydrogen-bond acceptors (Lipinski definition) is 1. The Hall–Kier alpha value is -1.23. The summed E-state index contributed by atoms with van der Waals surface area (Å²) in [5, 5.41) is 2.84. The Kier molecular flexibility index (Phi) is 34.0. The molecule has 0 rings (SSSR count). The molecule has 0 heterocycles. The Morgan fingerprint density at radius 3 is 1.46 bits per heavy atom. The number of rotatable bonds is 11. The van der Waals surface area contributed by atoms with Gasteiger partial charge in [0.25, 0.3) is 0 Å². The molecule has 1 N–H and O–H groups in total. The summed E-state index contributed by atoms with van der Waals surface area (Å²) < 4.78 is 0. The Bertz CT molecular complexity index is 534. The van der Waals surface area contributed by atoms with Gasteiger partial charge in [0, 0.05) is 24.8 Å². The molecular formula is C35H71NO. The zero-order valence-corrected chi connectivity index (χ0v) is 28.4. The lowest BCUT2D eigenvalue weighted by Crippen LogP contribution is -2.30. The molecule has 0 saturated carbocycles. The summed E-state index contributed by atoms with van der Waals surface area (Å²) in [6, 6.07) is 0.270. The van der Waals surface area contributed by atoms with E-state index in [-0.39, 0.29) is 11.9 Å². The van der Waals surface area contributed by atoms with Crippen LogP contribution in [0.15, 0.2) is 12.2 Å². The van der Waals surface area contributed by atoms with Crippen molar-refractivity contribution in [2.45, 2.75) is 155 Å². The standard InChI is InChI=1S/C9H20.C9H18.C9H16.C8H17NO/c3*1-8(2)6-5-7-9(3)4;1-6(2)5-8(10)9-7(3)4/h8-9H,5-7H2,1-4H3;5-6,8-9H,7H2,1-4H3;8-9H,6H2,1-4H3;6-7H,5H2,1-4H3,(H,9,10)/b;6-5+;;. The summed E-state index contributed by atoms with van der Waals surface area (Å²) in [6.45, 7) is 34.7. The summed E-state index contributed by atoms with van der Waals surface area (Å²) in [5.74, 6) is 11.4. The Labute approximate surface area is 236 Å². The lowest BCUT2D eigenvalue weighted by molar-refractivity contribution is -0.122. The van der Waals surface area contributed by atoms with Gasteiger partial charge in [0.2, 0.25) is 5.91 Å². The highest BCUT2D eigenvalue weighted by Gasteiger charge is 2.04. The normalized spacial score (nSPS) is 10.9. The first-order valence-electron chi connectivity index (χ1n) is 15.3. The first-order valence-corrected chi connectivity index (χ1v) is 15.3. The van der Waals surface area contributed by atoms with Gasteiger partial charge in [-0.15, -0.1) is 11.8 Å². The number of carbonyl (C=O) groups is 1. The van der Waals surface area contributed by atoms with Gasteiger partial charge in [-0.25, -0.2) is 0 Å². The maximum Gasteiger partial charge on any atom is 0.220 e. The molecule has 2 heteroatoms. The van der Waals surface area contributed by atoms with Crippen molar-refractivity contribution in [2.24, 2.45) is 41.4 Å². The van der Waals surface area contributed by atoms with Crippen LogP contribution in [0.2, 0.25) is 0 Å². The van der Waals surface area contributed by atoms with Crippen molar-refractivity contribution in [1.82, 2.24) is 5.32 Å². The van der Waals surface area contributed by atoms with E-state index in [2.05, 4.69) is 112 Å². The summed E-state index contributed by atoms with van der Waals surface area (Å²) in [6.07, 6.45) is 11.6. The highest BCUT2D eigenvalue weighted by molar-refractivity contribution is 5.76. The van der Waals surface area contributed by atoms with Crippen molar-refractivity contribution in [2.75, 3.05) is 0 Å². The summed E-state index contributed by atoms with van der Waals surface area (Å²) >= 11 is 0. The SMILES string of the molecule is CC(C)/C=C/CC(C)C.CC(C)C#CCC(C)C.CC(C)CC(=O)NC(C)C.CC(C)CCCC(C)C. The van der Waals surface area contributed by atoms with Crippen LogP contribution in [0.1, 0.15) is 149 Å². The predicted octanol–water partition coefficient (Wildman–Crippen LogP) is 11.0. The minimum absolute atomic E-state index is 0.157. The second kappa shape index (κ2) is 29.3. The molecule has 222 valence electrons. The fourth-order valence-corrected chi connectivity index (χ4v) is 2.78. The molecule has 0 spiro atoms. The second-order valence-electron chi connectivity index (χ2n) is 13.4. The summed E-state index contributed by atoms with van der Waals surface area (Å²) in [5.41, 5.74) is 0. The molecule has 0 saturated heterocycles. The van der Waals surface area contributed by atoms with Gasteiger partial charge in [-0.2, -0.15) is 0 Å². The molecule has 0 radical (unpaired) electrons. The van der Waals surface area contributed by atoms with Crippen molar-refractivity contribution in [1.29, 1.82) is 0 Å². The van der Waals surface area contributed by atoms with Crippen molar-refractivity contribution in [3.8, 4) is 11.8 Å². The van der Waals surface area contributed by atoms with Crippen LogP contribution in [0.3, 0.4) is 0 Å². The maximum atomic E-state index is 11.0. The van der Waals surface area contributed by atoms with E-state index in [1.165, 1.54) is 25.7 Å². The molecule has 0 aromatic carbocycles. The summed E-state index contributed by atoms with van der Waals surface area (Å²) in [7, 11) is 0. The predicted molar refractivity (Wildman–Crippen MR) is 172 cm³/mol. The van der Waals surface area contributed by atoms with Crippen molar-refractivity contribution >= 4 is 5.91 Å². The van der Waals surface area contributed by atoms with Gasteiger partial charge in [0.15, 0.2) is 0 Å². The fourth-order valence-electron chi connectivity index (χ4n) is 2.78. The quantitative estimate of drug-likeness (QED) is 0.212. The van der Waals surface area contributed by atoms with Gasteiger partial charge in [0.1, 0.15) is 0 Å². The van der Waals surface area contributed by atoms with E-state index in [0.29, 0.717) is 24.2 Å². The molecule has 0 aliphatic rings. The van der Waals surface area contributed by atoms with Gasteiger partial charge in [0.05, 0.1) is 0 Å². The number of nitrogens with one attached hydrogen (secondary N) is 1. The lowest BCUT2D eigenvalue weighted by atomic mass is 10.0. The monoisotopic (exact) mass is 522 g/mol. The topological polar surface area (TPSA) is 29.1 Å². The Balaban J connectivity index is -0.000000196. The van der Waals surface area contributed by atoms with E-state index in [4.69, 9.17) is 0 Å². The van der Waals surface area contributed by atoms with Crippen LogP contribution in [0.25, 0.3) is 0 Å². The lowest BCUT2D eigenvalue weighted by Gasteiger charge is -2.09. The zero-order valence-electron chi connectivity index (χ0n) is 28.4. The molecule has 0 unspecified atom stereocenters. The fraction of sp³-hybridized carbons (Fsp3) is 0.857. The van der Waals surface area contributed by atoms with Crippen molar-refractivity contribution < 1.29 is 4.79 Å². The van der Waals surface area contributed by atoms with Crippen LogP contribution in [-0.2, 0) is 4.79 Å². The third kappa shape index (κ3) is 60.9. The van der Waals surface area contributed by atoms with Gasteiger partial charge >= 0.3 is 0 Å². The molecule has 0 atom stereocenters.